The number of nitrogens with zero attached hydrogens (tertiary/aromatic N) is 4. The summed E-state index contributed by atoms with van der Waals surface area (Å²) in [5.74, 6) is 1.44. The molecular formula is C27H24Br2N4O5. The van der Waals surface area contributed by atoms with E-state index in [-0.39, 0.29) is 17.9 Å². The highest BCUT2D eigenvalue weighted by Crippen LogP contribution is 2.35. The lowest BCUT2D eigenvalue weighted by atomic mass is 10.2. The van der Waals surface area contributed by atoms with Crippen molar-refractivity contribution in [3.8, 4) is 11.5 Å². The number of hydrogen-bond acceptors (Lipinski definition) is 7. The molecule has 0 aliphatic rings. The first-order valence-corrected chi connectivity index (χ1v) is 13.4. The van der Waals surface area contributed by atoms with Crippen LogP contribution < -0.4 is 15.0 Å². The first kappa shape index (κ1) is 27.5. The van der Waals surface area contributed by atoms with Gasteiger partial charge in [0.2, 0.25) is 0 Å². The lowest BCUT2D eigenvalue weighted by Crippen LogP contribution is -2.22. The normalized spacial score (nSPS) is 11.3. The average molecular weight is 644 g/mol. The molecule has 0 amide bonds. The Morgan fingerprint density at radius 1 is 1.11 bits per heavy atom. The molecular weight excluding hydrogens is 620 g/mol. The number of hydrogen-bond donors (Lipinski definition) is 0. The van der Waals surface area contributed by atoms with Crippen molar-refractivity contribution in [2.45, 2.75) is 32.8 Å². The molecule has 4 aromatic rings. The molecule has 11 heteroatoms. The van der Waals surface area contributed by atoms with Crippen LogP contribution in [0.5, 0.6) is 11.5 Å². The van der Waals surface area contributed by atoms with Gasteiger partial charge < -0.3 is 9.47 Å². The highest BCUT2D eigenvalue weighted by atomic mass is 79.9. The van der Waals surface area contributed by atoms with Crippen LogP contribution >= 0.6 is 31.9 Å². The number of halogens is 2. The topological polar surface area (TPSA) is 109 Å². The maximum Gasteiger partial charge on any atom is 0.282 e. The lowest BCUT2D eigenvalue weighted by molar-refractivity contribution is -0.384. The van der Waals surface area contributed by atoms with Gasteiger partial charge in [0.25, 0.3) is 11.2 Å². The quantitative estimate of drug-likeness (QED) is 0.109. The van der Waals surface area contributed by atoms with Crippen LogP contribution in [0, 0.1) is 10.1 Å². The Morgan fingerprint density at radius 3 is 2.55 bits per heavy atom. The molecule has 0 bridgehead atoms. The molecule has 196 valence electrons. The molecule has 4 rings (SSSR count). The van der Waals surface area contributed by atoms with Crippen molar-refractivity contribution in [2.75, 3.05) is 7.11 Å². The van der Waals surface area contributed by atoms with E-state index < -0.39 is 4.92 Å². The fourth-order valence-corrected chi connectivity index (χ4v) is 4.61. The van der Waals surface area contributed by atoms with E-state index in [1.165, 1.54) is 23.9 Å². The van der Waals surface area contributed by atoms with Gasteiger partial charge >= 0.3 is 0 Å². The van der Waals surface area contributed by atoms with Gasteiger partial charge in [-0.15, -0.1) is 0 Å². The van der Waals surface area contributed by atoms with Gasteiger partial charge in [0.15, 0.2) is 11.5 Å². The molecule has 9 nitrogen and oxygen atoms in total. The van der Waals surface area contributed by atoms with Gasteiger partial charge in [0.05, 0.1) is 29.2 Å². The van der Waals surface area contributed by atoms with E-state index in [0.29, 0.717) is 40.2 Å². The minimum absolute atomic E-state index is 0.00291. The number of aromatic nitrogens is 2. The van der Waals surface area contributed by atoms with E-state index in [0.717, 1.165) is 27.4 Å². The molecule has 0 saturated heterocycles. The minimum Gasteiger partial charge on any atom is -0.493 e. The summed E-state index contributed by atoms with van der Waals surface area (Å²) < 4.78 is 14.5. The zero-order valence-electron chi connectivity index (χ0n) is 20.7. The fraction of sp³-hybridized carbons (Fsp3) is 0.222. The Hall–Kier alpha value is -3.57. The monoisotopic (exact) mass is 642 g/mol. The van der Waals surface area contributed by atoms with E-state index >= 15 is 0 Å². The summed E-state index contributed by atoms with van der Waals surface area (Å²) in [5, 5.41) is 15.9. The molecule has 3 aromatic carbocycles. The van der Waals surface area contributed by atoms with Gasteiger partial charge in [-0.05, 0) is 54.4 Å². The molecule has 1 heterocycles. The van der Waals surface area contributed by atoms with E-state index in [1.54, 1.807) is 36.5 Å². The van der Waals surface area contributed by atoms with Crippen LogP contribution in [-0.2, 0) is 13.0 Å². The second-order valence-electron chi connectivity index (χ2n) is 8.39. The molecule has 0 saturated carbocycles. The lowest BCUT2D eigenvalue weighted by Gasteiger charge is -2.14. The fourth-order valence-electron chi connectivity index (χ4n) is 3.79. The van der Waals surface area contributed by atoms with Crippen molar-refractivity contribution >= 4 is 54.7 Å². The second-order valence-corrected chi connectivity index (χ2v) is 10.2. The van der Waals surface area contributed by atoms with E-state index in [9.17, 15) is 14.9 Å². The summed E-state index contributed by atoms with van der Waals surface area (Å²) in [5.41, 5.74) is 1.66. The van der Waals surface area contributed by atoms with Crippen molar-refractivity contribution < 1.29 is 14.4 Å². The van der Waals surface area contributed by atoms with Gasteiger partial charge in [-0.1, -0.05) is 45.2 Å². The zero-order chi connectivity index (χ0) is 27.2. The summed E-state index contributed by atoms with van der Waals surface area (Å²) in [6, 6.07) is 15.1. The number of benzene rings is 3. The Balaban J connectivity index is 1.74. The predicted octanol–water partition coefficient (Wildman–Crippen LogP) is 6.64. The number of ether oxygens (including phenoxy) is 2. The van der Waals surface area contributed by atoms with Crippen molar-refractivity contribution in [3.05, 3.63) is 101 Å². The van der Waals surface area contributed by atoms with E-state index in [1.807, 2.05) is 12.1 Å². The first-order valence-electron chi connectivity index (χ1n) is 11.8. The summed E-state index contributed by atoms with van der Waals surface area (Å²) in [6.45, 7) is 2.22. The Bertz CT molecular complexity index is 1570. The molecule has 0 unspecified atom stereocenters. The van der Waals surface area contributed by atoms with E-state index in [4.69, 9.17) is 14.5 Å². The number of unbranched alkanes of at least 4 members (excludes halogenated alkanes) is 1. The summed E-state index contributed by atoms with van der Waals surface area (Å²) in [4.78, 5) is 28.6. The highest BCUT2D eigenvalue weighted by Gasteiger charge is 2.15. The third kappa shape index (κ3) is 6.28. The number of rotatable bonds is 10. The van der Waals surface area contributed by atoms with Crippen LogP contribution in [0.1, 0.15) is 36.7 Å². The number of nitro groups is 1. The predicted molar refractivity (Wildman–Crippen MR) is 153 cm³/mol. The maximum atomic E-state index is 13.4. The molecule has 38 heavy (non-hydrogen) atoms. The Morgan fingerprint density at radius 2 is 1.87 bits per heavy atom. The largest absolute Gasteiger partial charge is 0.493 e. The van der Waals surface area contributed by atoms with Crippen LogP contribution in [0.15, 0.2) is 73.4 Å². The van der Waals surface area contributed by atoms with Crippen molar-refractivity contribution in [3.63, 3.8) is 0 Å². The van der Waals surface area contributed by atoms with Crippen LogP contribution in [0.2, 0.25) is 0 Å². The number of nitro benzene ring substituents is 1. The Labute approximate surface area is 235 Å². The first-order chi connectivity index (χ1) is 18.3. The molecule has 1 aromatic heterocycles. The smallest absolute Gasteiger partial charge is 0.282 e. The Kier molecular flexibility index (Phi) is 8.90. The SMILES string of the molecule is CCCCc1nc2ccc(Br)cc2c(=O)n1N=Cc1cc(Br)cc(OC)c1OCc1ccc([N+](=O)[O-])cc1. The summed E-state index contributed by atoms with van der Waals surface area (Å²) in [6.07, 6.45) is 3.95. The molecule has 0 fully saturated rings. The summed E-state index contributed by atoms with van der Waals surface area (Å²) in [7, 11) is 1.53. The minimum atomic E-state index is -0.450. The third-order valence-electron chi connectivity index (χ3n) is 5.74. The van der Waals surface area contributed by atoms with Crippen LogP contribution in [0.3, 0.4) is 0 Å². The molecule has 0 N–H and O–H groups in total. The average Bonchev–Trinajstić information content (AvgIpc) is 2.91. The number of non-ortho nitro benzene ring substituents is 1. The van der Waals surface area contributed by atoms with Crippen LogP contribution in [0.4, 0.5) is 5.69 Å². The van der Waals surface area contributed by atoms with Crippen molar-refractivity contribution in [1.29, 1.82) is 0 Å². The van der Waals surface area contributed by atoms with Gasteiger partial charge in [0.1, 0.15) is 12.4 Å². The molecule has 0 aliphatic carbocycles. The zero-order valence-corrected chi connectivity index (χ0v) is 23.9. The molecule has 0 atom stereocenters. The van der Waals surface area contributed by atoms with Gasteiger partial charge in [-0.3, -0.25) is 14.9 Å². The van der Waals surface area contributed by atoms with Crippen molar-refractivity contribution in [1.82, 2.24) is 9.66 Å². The van der Waals surface area contributed by atoms with E-state index in [2.05, 4.69) is 43.9 Å². The third-order valence-corrected chi connectivity index (χ3v) is 6.69. The maximum absolute atomic E-state index is 13.4. The number of aryl methyl sites for hydroxylation is 1. The number of methoxy groups -OCH3 is 1. The highest BCUT2D eigenvalue weighted by molar-refractivity contribution is 9.10. The number of fused-ring (bicyclic) bond motifs is 1. The van der Waals surface area contributed by atoms with Gasteiger partial charge in [-0.25, -0.2) is 4.98 Å². The standard InChI is InChI=1S/C27H24Br2N4O5/c1-3-4-5-25-31-23-11-8-19(28)13-22(23)27(34)32(25)30-15-18-12-20(29)14-24(37-2)26(18)38-16-17-6-9-21(10-7-17)33(35)36/h6-15H,3-5,16H2,1-2H3. The second kappa shape index (κ2) is 12.3. The van der Waals surface area contributed by atoms with Crippen LogP contribution in [0.25, 0.3) is 10.9 Å². The van der Waals surface area contributed by atoms with Gasteiger partial charge in [-0.2, -0.15) is 9.78 Å². The molecule has 0 aliphatic heterocycles. The summed E-state index contributed by atoms with van der Waals surface area (Å²) >= 11 is 6.91. The van der Waals surface area contributed by atoms with Gasteiger partial charge in [0, 0.05) is 33.1 Å². The van der Waals surface area contributed by atoms with Crippen LogP contribution in [-0.4, -0.2) is 27.9 Å². The molecule has 0 radical (unpaired) electrons. The van der Waals surface area contributed by atoms with Crippen molar-refractivity contribution in [2.24, 2.45) is 5.10 Å². The molecule has 0 spiro atoms.